The number of carbonyl (C=O) groups excluding carboxylic acids is 1. The van der Waals surface area contributed by atoms with Crippen molar-refractivity contribution in [3.63, 3.8) is 0 Å². The first-order valence-electron chi connectivity index (χ1n) is 10.2. The van der Waals surface area contributed by atoms with Crippen LogP contribution in [0.1, 0.15) is 22.8 Å². The highest BCUT2D eigenvalue weighted by Gasteiger charge is 2.15. The Kier molecular flexibility index (Phi) is 8.10. The summed E-state index contributed by atoms with van der Waals surface area (Å²) in [5, 5.41) is 11.2. The van der Waals surface area contributed by atoms with E-state index >= 15 is 0 Å². The number of aliphatic hydroxyl groups is 1. The molecule has 182 valence electrons. The molecule has 0 spiro atoms. The summed E-state index contributed by atoms with van der Waals surface area (Å²) in [6, 6.07) is 12.9. The van der Waals surface area contributed by atoms with Crippen LogP contribution in [-0.2, 0) is 10.0 Å². The van der Waals surface area contributed by atoms with Crippen molar-refractivity contribution in [3.05, 3.63) is 82.9 Å². The molecular formula is C25H24N2O6S2. The van der Waals surface area contributed by atoms with Crippen molar-refractivity contribution in [3.8, 4) is 21.9 Å². The van der Waals surface area contributed by atoms with Crippen LogP contribution in [0, 0.1) is 0 Å². The number of nitrogens with two attached hydrogens (primary N) is 1. The predicted molar refractivity (Wildman–Crippen MR) is 138 cm³/mol. The van der Waals surface area contributed by atoms with Crippen LogP contribution in [0.25, 0.3) is 16.5 Å². The van der Waals surface area contributed by atoms with Gasteiger partial charge in [-0.05, 0) is 60.9 Å². The van der Waals surface area contributed by atoms with Gasteiger partial charge in [-0.2, -0.15) is 8.42 Å². The normalized spacial score (nSPS) is 12.7. The zero-order chi connectivity index (χ0) is 25.6. The molecule has 0 saturated heterocycles. The maximum Gasteiger partial charge on any atom is 0.284 e. The van der Waals surface area contributed by atoms with Crippen molar-refractivity contribution in [2.75, 3.05) is 14.2 Å². The molecule has 0 radical (unpaired) electrons. The van der Waals surface area contributed by atoms with Crippen LogP contribution in [0.15, 0.2) is 81.1 Å². The van der Waals surface area contributed by atoms with Crippen LogP contribution in [0.5, 0.6) is 11.5 Å². The minimum absolute atomic E-state index is 0.137. The lowest BCUT2D eigenvalue weighted by Crippen LogP contribution is -2.12. The molecule has 1 aromatic heterocycles. The number of ether oxygens (including phenoxy) is 2. The molecule has 35 heavy (non-hydrogen) atoms. The Hall–Kier alpha value is -3.89. The molecule has 8 nitrogen and oxygen atoms in total. The number of rotatable bonds is 9. The van der Waals surface area contributed by atoms with Crippen LogP contribution in [0.3, 0.4) is 0 Å². The number of benzene rings is 2. The average molecular weight is 513 g/mol. The third-order valence-corrected chi connectivity index (χ3v) is 6.99. The monoisotopic (exact) mass is 512 g/mol. The third kappa shape index (κ3) is 6.37. The second-order valence-corrected chi connectivity index (χ2v) is 9.82. The fourth-order valence-electron chi connectivity index (χ4n) is 3.16. The number of ketones is 1. The molecule has 1 heterocycles. The molecule has 0 saturated carbocycles. The summed E-state index contributed by atoms with van der Waals surface area (Å²) in [5.74, 6) is 0.327. The Morgan fingerprint density at radius 3 is 2.34 bits per heavy atom. The number of methoxy groups -OCH3 is 2. The number of nitrogens with zero attached hydrogens (tertiary/aromatic N) is 1. The maximum absolute atomic E-state index is 12.7. The summed E-state index contributed by atoms with van der Waals surface area (Å²) in [6.07, 6.45) is 4.05. The van der Waals surface area contributed by atoms with Gasteiger partial charge in [0.25, 0.3) is 10.0 Å². The van der Waals surface area contributed by atoms with Crippen molar-refractivity contribution in [2.24, 2.45) is 10.1 Å². The van der Waals surface area contributed by atoms with E-state index in [-0.39, 0.29) is 27.8 Å². The van der Waals surface area contributed by atoms with Crippen LogP contribution in [0.4, 0.5) is 0 Å². The molecule has 0 aliphatic carbocycles. The van der Waals surface area contributed by atoms with Gasteiger partial charge >= 0.3 is 0 Å². The first-order valence-corrected chi connectivity index (χ1v) is 12.6. The molecule has 0 fully saturated rings. The Morgan fingerprint density at radius 2 is 1.77 bits per heavy atom. The van der Waals surface area contributed by atoms with Crippen molar-refractivity contribution >= 4 is 39.1 Å². The summed E-state index contributed by atoms with van der Waals surface area (Å²) in [6.45, 7) is 1.34. The molecule has 3 N–H and O–H groups in total. The number of sulfonamides is 1. The molecule has 2 aromatic carbocycles. The molecule has 0 atom stereocenters. The van der Waals surface area contributed by atoms with Gasteiger partial charge in [0.05, 0.1) is 24.9 Å². The number of carbonyl (C=O) groups is 1. The summed E-state index contributed by atoms with van der Waals surface area (Å²) in [7, 11) is -0.980. The number of hydrogen-bond acceptors (Lipinski definition) is 7. The zero-order valence-corrected chi connectivity index (χ0v) is 20.9. The Balaban J connectivity index is 1.86. The van der Waals surface area contributed by atoms with Crippen molar-refractivity contribution in [1.82, 2.24) is 0 Å². The standard InChI is InChI=1S/C25H24N2O6S2/c1-16(28)13-25(26)27-35(30,31)19-9-6-17(7-10-19)21(29)11-8-18-14-20(24-5-4-12-34-24)23(33-3)15-22(18)32-2/h4-15,28H,1-3H3,(H2,26,27)/b11-8+,16-13-. The number of thiophene rings is 1. The number of allylic oxidation sites excluding steroid dienone is 2. The minimum atomic E-state index is -4.09. The lowest BCUT2D eigenvalue weighted by Gasteiger charge is -2.12. The van der Waals surface area contributed by atoms with Gasteiger partial charge in [0.1, 0.15) is 17.3 Å². The van der Waals surface area contributed by atoms with Crippen molar-refractivity contribution in [1.29, 1.82) is 0 Å². The van der Waals surface area contributed by atoms with Crippen LogP contribution < -0.4 is 15.2 Å². The Morgan fingerprint density at radius 1 is 1.09 bits per heavy atom. The van der Waals surface area contributed by atoms with Gasteiger partial charge in [-0.15, -0.1) is 15.7 Å². The summed E-state index contributed by atoms with van der Waals surface area (Å²) in [5.41, 5.74) is 7.35. The number of amidine groups is 1. The van der Waals surface area contributed by atoms with Crippen molar-refractivity contribution < 1.29 is 27.8 Å². The topological polar surface area (TPSA) is 128 Å². The fraction of sp³-hybridized carbons (Fsp3) is 0.120. The molecule has 10 heteroatoms. The smallest absolute Gasteiger partial charge is 0.284 e. The van der Waals surface area contributed by atoms with Gasteiger partial charge < -0.3 is 20.3 Å². The van der Waals surface area contributed by atoms with Gasteiger partial charge in [-0.25, -0.2) is 0 Å². The van der Waals surface area contributed by atoms with Gasteiger partial charge in [0.15, 0.2) is 5.78 Å². The van der Waals surface area contributed by atoms with Crippen LogP contribution in [-0.4, -0.2) is 39.4 Å². The van der Waals surface area contributed by atoms with E-state index in [4.69, 9.17) is 15.2 Å². The SMILES string of the molecule is COc1cc(OC)c(-c2cccs2)cc1/C=C/C(=O)c1ccc(S(=O)(=O)/N=C(N)/C=C(/C)O)cc1. The summed E-state index contributed by atoms with van der Waals surface area (Å²) in [4.78, 5) is 13.6. The largest absolute Gasteiger partial charge is 0.512 e. The highest BCUT2D eigenvalue weighted by Crippen LogP contribution is 2.38. The molecule has 0 bridgehead atoms. The van der Waals surface area contributed by atoms with Gasteiger partial charge in [0.2, 0.25) is 0 Å². The highest BCUT2D eigenvalue weighted by molar-refractivity contribution is 7.90. The molecular weight excluding hydrogens is 488 g/mol. The molecule has 0 unspecified atom stereocenters. The van der Waals surface area contributed by atoms with Gasteiger partial charge in [0, 0.05) is 33.7 Å². The van der Waals surface area contributed by atoms with E-state index in [1.165, 1.54) is 44.4 Å². The average Bonchev–Trinajstić information content (AvgIpc) is 3.36. The zero-order valence-electron chi connectivity index (χ0n) is 19.3. The van der Waals surface area contributed by atoms with Gasteiger partial charge in [-0.1, -0.05) is 6.07 Å². The van der Waals surface area contributed by atoms with E-state index in [0.717, 1.165) is 16.5 Å². The van der Waals surface area contributed by atoms with E-state index in [0.29, 0.717) is 17.1 Å². The predicted octanol–water partition coefficient (Wildman–Crippen LogP) is 4.84. The Bertz CT molecular complexity index is 1400. The number of aliphatic hydroxyl groups excluding tert-OH is 1. The highest BCUT2D eigenvalue weighted by atomic mass is 32.2. The maximum atomic E-state index is 12.7. The lowest BCUT2D eigenvalue weighted by atomic mass is 10.0. The second-order valence-electron chi connectivity index (χ2n) is 7.27. The van der Waals surface area contributed by atoms with E-state index in [1.807, 2.05) is 23.6 Å². The number of hydrogen-bond donors (Lipinski definition) is 2. The van der Waals surface area contributed by atoms with Gasteiger partial charge in [-0.3, -0.25) is 4.79 Å². The minimum Gasteiger partial charge on any atom is -0.512 e. The van der Waals surface area contributed by atoms with E-state index in [9.17, 15) is 18.3 Å². The molecule has 0 aliphatic heterocycles. The first kappa shape index (κ1) is 25.7. The van der Waals surface area contributed by atoms with E-state index in [1.54, 1.807) is 30.6 Å². The summed E-state index contributed by atoms with van der Waals surface area (Å²) >= 11 is 1.57. The van der Waals surface area contributed by atoms with Crippen molar-refractivity contribution in [2.45, 2.75) is 11.8 Å². The van der Waals surface area contributed by atoms with Crippen LogP contribution in [0.2, 0.25) is 0 Å². The first-order chi connectivity index (χ1) is 16.6. The Labute approximate surface area is 207 Å². The lowest BCUT2D eigenvalue weighted by molar-refractivity contribution is 0.104. The van der Waals surface area contributed by atoms with Crippen LogP contribution >= 0.6 is 11.3 Å². The van der Waals surface area contributed by atoms with E-state index < -0.39 is 10.0 Å². The fourth-order valence-corrected chi connectivity index (χ4v) is 4.83. The molecule has 3 rings (SSSR count). The summed E-state index contributed by atoms with van der Waals surface area (Å²) < 4.78 is 39.1. The third-order valence-electron chi connectivity index (χ3n) is 4.77. The molecule has 3 aromatic rings. The second kappa shape index (κ2) is 11.0. The van der Waals surface area contributed by atoms with E-state index in [2.05, 4.69) is 4.40 Å². The molecule has 0 aliphatic rings. The quantitative estimate of drug-likeness (QED) is 0.138. The molecule has 0 amide bonds.